The minimum atomic E-state index is 0.316. The molecule has 0 heterocycles. The molecule has 1 aliphatic rings. The molecule has 1 saturated carbocycles. The molecule has 106 valence electrons. The van der Waals surface area contributed by atoms with Crippen LogP contribution in [0.15, 0.2) is 30.3 Å². The summed E-state index contributed by atoms with van der Waals surface area (Å²) in [7, 11) is 1.79. The zero-order valence-electron chi connectivity index (χ0n) is 12.3. The highest BCUT2D eigenvalue weighted by atomic mass is 16.5. The van der Waals surface area contributed by atoms with Crippen LogP contribution in [-0.2, 0) is 4.74 Å². The molecular formula is C17H27NO. The predicted molar refractivity (Wildman–Crippen MR) is 80.2 cm³/mol. The lowest BCUT2D eigenvalue weighted by Gasteiger charge is -2.29. The van der Waals surface area contributed by atoms with Gasteiger partial charge in [0.25, 0.3) is 0 Å². The van der Waals surface area contributed by atoms with Crippen LogP contribution in [0.3, 0.4) is 0 Å². The molecule has 2 nitrogen and oxygen atoms in total. The summed E-state index contributed by atoms with van der Waals surface area (Å²) in [5.74, 6) is 0.769. The van der Waals surface area contributed by atoms with E-state index in [1.54, 1.807) is 7.11 Å². The molecule has 1 aromatic rings. The molecule has 3 unspecified atom stereocenters. The summed E-state index contributed by atoms with van der Waals surface area (Å²) in [6.45, 7) is 3.13. The fourth-order valence-electron chi connectivity index (χ4n) is 3.09. The van der Waals surface area contributed by atoms with Gasteiger partial charge < -0.3 is 10.1 Å². The first-order chi connectivity index (χ1) is 9.31. The second-order valence-electron chi connectivity index (χ2n) is 5.81. The highest BCUT2D eigenvalue weighted by Crippen LogP contribution is 2.25. The Hall–Kier alpha value is -0.860. The first kappa shape index (κ1) is 14.5. The Morgan fingerprint density at radius 2 is 1.89 bits per heavy atom. The minimum absolute atomic E-state index is 0.316. The van der Waals surface area contributed by atoms with Crippen LogP contribution in [0.5, 0.6) is 0 Å². The van der Waals surface area contributed by atoms with Crippen molar-refractivity contribution < 1.29 is 4.74 Å². The summed E-state index contributed by atoms with van der Waals surface area (Å²) < 4.78 is 5.40. The summed E-state index contributed by atoms with van der Waals surface area (Å²) in [6, 6.07) is 11.6. The lowest BCUT2D eigenvalue weighted by Crippen LogP contribution is -2.38. The third kappa shape index (κ3) is 4.32. The molecule has 2 heteroatoms. The summed E-state index contributed by atoms with van der Waals surface area (Å²) in [5.41, 5.74) is 1.33. The van der Waals surface area contributed by atoms with Crippen LogP contribution in [0.1, 0.15) is 50.6 Å². The van der Waals surface area contributed by atoms with E-state index in [0.29, 0.717) is 12.1 Å². The van der Waals surface area contributed by atoms with Gasteiger partial charge in [0, 0.05) is 13.2 Å². The van der Waals surface area contributed by atoms with Gasteiger partial charge in [-0.1, -0.05) is 56.5 Å². The molecule has 1 aromatic carbocycles. The monoisotopic (exact) mass is 261 g/mol. The van der Waals surface area contributed by atoms with E-state index in [-0.39, 0.29) is 0 Å². The number of rotatable bonds is 5. The Morgan fingerprint density at radius 3 is 2.63 bits per heavy atom. The smallest absolute Gasteiger partial charge is 0.0657 e. The number of methoxy groups -OCH3 is 1. The Balaban J connectivity index is 2.03. The summed E-state index contributed by atoms with van der Waals surface area (Å²) in [6.07, 6.45) is 6.79. The van der Waals surface area contributed by atoms with E-state index in [1.807, 2.05) is 0 Å². The Kier molecular flexibility index (Phi) is 5.87. The molecule has 19 heavy (non-hydrogen) atoms. The van der Waals surface area contributed by atoms with Gasteiger partial charge in [-0.05, 0) is 24.3 Å². The molecule has 1 N–H and O–H groups in total. The number of ether oxygens (including phenoxy) is 1. The van der Waals surface area contributed by atoms with Crippen LogP contribution in [-0.4, -0.2) is 19.8 Å². The predicted octanol–water partition coefficient (Wildman–Crippen LogP) is 3.93. The Morgan fingerprint density at radius 1 is 1.16 bits per heavy atom. The van der Waals surface area contributed by atoms with Crippen LogP contribution in [0, 0.1) is 5.92 Å². The largest absolute Gasteiger partial charge is 0.383 e. The molecule has 0 aliphatic heterocycles. The maximum atomic E-state index is 5.40. The van der Waals surface area contributed by atoms with Gasteiger partial charge >= 0.3 is 0 Å². The van der Waals surface area contributed by atoms with E-state index in [9.17, 15) is 0 Å². The SMILES string of the molecule is COCC(NC1CCCCCC1C)c1ccccc1. The molecule has 2 rings (SSSR count). The van der Waals surface area contributed by atoms with Crippen molar-refractivity contribution in [3.05, 3.63) is 35.9 Å². The van der Waals surface area contributed by atoms with Crippen LogP contribution in [0.4, 0.5) is 0 Å². The lowest BCUT2D eigenvalue weighted by atomic mass is 9.95. The van der Waals surface area contributed by atoms with Crippen molar-refractivity contribution >= 4 is 0 Å². The number of hydrogen-bond acceptors (Lipinski definition) is 2. The van der Waals surface area contributed by atoms with E-state index < -0.39 is 0 Å². The van der Waals surface area contributed by atoms with Gasteiger partial charge in [0.1, 0.15) is 0 Å². The van der Waals surface area contributed by atoms with Gasteiger partial charge in [0.05, 0.1) is 12.6 Å². The maximum Gasteiger partial charge on any atom is 0.0657 e. The summed E-state index contributed by atoms with van der Waals surface area (Å²) in [4.78, 5) is 0. The van der Waals surface area contributed by atoms with E-state index in [0.717, 1.165) is 12.5 Å². The quantitative estimate of drug-likeness (QED) is 0.811. The second kappa shape index (κ2) is 7.66. The topological polar surface area (TPSA) is 21.3 Å². The Bertz CT molecular complexity index is 352. The minimum Gasteiger partial charge on any atom is -0.383 e. The van der Waals surface area contributed by atoms with Crippen molar-refractivity contribution in [3.8, 4) is 0 Å². The van der Waals surface area contributed by atoms with Crippen LogP contribution >= 0.6 is 0 Å². The van der Waals surface area contributed by atoms with Crippen molar-refractivity contribution in [3.63, 3.8) is 0 Å². The van der Waals surface area contributed by atoms with Gasteiger partial charge in [0.2, 0.25) is 0 Å². The van der Waals surface area contributed by atoms with E-state index in [4.69, 9.17) is 4.74 Å². The average molecular weight is 261 g/mol. The lowest BCUT2D eigenvalue weighted by molar-refractivity contribution is 0.153. The van der Waals surface area contributed by atoms with Gasteiger partial charge in [-0.25, -0.2) is 0 Å². The second-order valence-corrected chi connectivity index (χ2v) is 5.81. The van der Waals surface area contributed by atoms with Crippen LogP contribution < -0.4 is 5.32 Å². The van der Waals surface area contributed by atoms with Crippen LogP contribution in [0.2, 0.25) is 0 Å². The third-order valence-electron chi connectivity index (χ3n) is 4.31. The normalized spacial score (nSPS) is 25.8. The van der Waals surface area contributed by atoms with E-state index in [2.05, 4.69) is 42.6 Å². The van der Waals surface area contributed by atoms with Crippen molar-refractivity contribution in [2.45, 2.75) is 51.1 Å². The molecule has 0 spiro atoms. The molecule has 0 amide bonds. The number of hydrogen-bond donors (Lipinski definition) is 1. The molecular weight excluding hydrogens is 234 g/mol. The molecule has 1 fully saturated rings. The zero-order valence-corrected chi connectivity index (χ0v) is 12.3. The first-order valence-corrected chi connectivity index (χ1v) is 7.61. The van der Waals surface area contributed by atoms with E-state index >= 15 is 0 Å². The van der Waals surface area contributed by atoms with E-state index in [1.165, 1.54) is 37.7 Å². The summed E-state index contributed by atoms with van der Waals surface area (Å²) in [5, 5.41) is 3.84. The number of benzene rings is 1. The third-order valence-corrected chi connectivity index (χ3v) is 4.31. The first-order valence-electron chi connectivity index (χ1n) is 7.61. The molecule has 0 bridgehead atoms. The van der Waals surface area contributed by atoms with Crippen molar-refractivity contribution in [2.75, 3.05) is 13.7 Å². The van der Waals surface area contributed by atoms with Crippen molar-refractivity contribution in [1.29, 1.82) is 0 Å². The standard InChI is InChI=1S/C17H27NO/c1-14-9-5-3-8-12-16(14)18-17(13-19-2)15-10-6-4-7-11-15/h4,6-7,10-11,14,16-18H,3,5,8-9,12-13H2,1-2H3. The highest BCUT2D eigenvalue weighted by molar-refractivity contribution is 5.19. The van der Waals surface area contributed by atoms with Gasteiger partial charge in [0.15, 0.2) is 0 Å². The number of nitrogens with one attached hydrogen (secondary N) is 1. The van der Waals surface area contributed by atoms with Gasteiger partial charge in [-0.3, -0.25) is 0 Å². The van der Waals surface area contributed by atoms with Crippen molar-refractivity contribution in [1.82, 2.24) is 5.32 Å². The van der Waals surface area contributed by atoms with Crippen LogP contribution in [0.25, 0.3) is 0 Å². The fourth-order valence-corrected chi connectivity index (χ4v) is 3.09. The van der Waals surface area contributed by atoms with Crippen molar-refractivity contribution in [2.24, 2.45) is 5.92 Å². The molecule has 1 aliphatic carbocycles. The average Bonchev–Trinajstić information content (AvgIpc) is 2.64. The maximum absolute atomic E-state index is 5.40. The zero-order chi connectivity index (χ0) is 13.5. The Labute approximate surface area is 117 Å². The molecule has 0 saturated heterocycles. The highest BCUT2D eigenvalue weighted by Gasteiger charge is 2.23. The fraction of sp³-hybridized carbons (Fsp3) is 0.647. The molecule has 0 aromatic heterocycles. The van der Waals surface area contributed by atoms with Gasteiger partial charge in [-0.15, -0.1) is 0 Å². The van der Waals surface area contributed by atoms with Gasteiger partial charge in [-0.2, -0.15) is 0 Å². The summed E-state index contributed by atoms with van der Waals surface area (Å²) >= 11 is 0. The molecule has 3 atom stereocenters. The molecule has 0 radical (unpaired) electrons.